The number of aromatic nitrogens is 4. The maximum atomic E-state index is 12.4. The number of hydrogen-bond donors (Lipinski definition) is 2. The SMILES string of the molecule is COc1nc(-c2cccc(-c3cccc(-c4cnc(CN5CCCCC5=O)c(OC)n4)c3Cl)c2Cl)cnc1CNC[C@@H]1CCC(=O)N1. The Morgan fingerprint density at radius 1 is 0.851 bits per heavy atom. The van der Waals surface area contributed by atoms with E-state index in [-0.39, 0.29) is 17.9 Å². The van der Waals surface area contributed by atoms with Gasteiger partial charge < -0.3 is 25.0 Å². The molecule has 244 valence electrons. The van der Waals surface area contributed by atoms with Crippen molar-refractivity contribution in [2.75, 3.05) is 27.3 Å². The molecule has 0 spiro atoms. The van der Waals surface area contributed by atoms with Gasteiger partial charge in [-0.2, -0.15) is 0 Å². The van der Waals surface area contributed by atoms with Crippen molar-refractivity contribution in [2.45, 2.75) is 51.2 Å². The molecule has 2 amide bonds. The van der Waals surface area contributed by atoms with Gasteiger partial charge in [0.25, 0.3) is 0 Å². The summed E-state index contributed by atoms with van der Waals surface area (Å²) in [6, 6.07) is 11.4. The number of rotatable bonds is 11. The molecule has 2 aromatic carbocycles. The lowest BCUT2D eigenvalue weighted by atomic mass is 9.98. The molecule has 4 aromatic rings. The molecular weight excluding hydrogens is 641 g/mol. The number of nitrogens with zero attached hydrogens (tertiary/aromatic N) is 5. The van der Waals surface area contributed by atoms with E-state index in [0.29, 0.717) is 106 Å². The zero-order chi connectivity index (χ0) is 32.9. The number of methoxy groups -OCH3 is 2. The van der Waals surface area contributed by atoms with E-state index in [9.17, 15) is 9.59 Å². The molecule has 6 rings (SSSR count). The Hall–Kier alpha value is -4.32. The van der Waals surface area contributed by atoms with E-state index in [4.69, 9.17) is 42.6 Å². The summed E-state index contributed by atoms with van der Waals surface area (Å²) in [5.41, 5.74) is 5.07. The molecule has 2 aliphatic rings. The Labute approximate surface area is 283 Å². The van der Waals surface area contributed by atoms with Gasteiger partial charge in [0.1, 0.15) is 11.4 Å². The first kappa shape index (κ1) is 32.6. The lowest BCUT2D eigenvalue weighted by molar-refractivity contribution is -0.134. The number of likely N-dealkylation sites (tertiary alicyclic amines) is 1. The molecule has 0 radical (unpaired) electrons. The van der Waals surface area contributed by atoms with Crippen LogP contribution in [0.4, 0.5) is 0 Å². The van der Waals surface area contributed by atoms with Crippen LogP contribution in [0, 0.1) is 0 Å². The Kier molecular flexibility index (Phi) is 10.1. The van der Waals surface area contributed by atoms with Crippen molar-refractivity contribution in [3.8, 4) is 45.4 Å². The second-order valence-electron chi connectivity index (χ2n) is 11.5. The average Bonchev–Trinajstić information content (AvgIpc) is 3.51. The molecule has 0 saturated carbocycles. The quantitative estimate of drug-likeness (QED) is 0.212. The molecular formula is C34H35Cl2N7O4. The molecule has 2 fully saturated rings. The second kappa shape index (κ2) is 14.6. The van der Waals surface area contributed by atoms with Gasteiger partial charge in [-0.1, -0.05) is 59.6 Å². The largest absolute Gasteiger partial charge is 0.480 e. The molecule has 47 heavy (non-hydrogen) atoms. The fourth-order valence-electron chi connectivity index (χ4n) is 5.89. The Morgan fingerprint density at radius 2 is 1.45 bits per heavy atom. The van der Waals surface area contributed by atoms with Crippen LogP contribution in [0.2, 0.25) is 10.0 Å². The van der Waals surface area contributed by atoms with Crippen molar-refractivity contribution in [2.24, 2.45) is 0 Å². The number of halogens is 2. The summed E-state index contributed by atoms with van der Waals surface area (Å²) in [4.78, 5) is 44.3. The molecule has 2 aromatic heterocycles. The summed E-state index contributed by atoms with van der Waals surface area (Å²) < 4.78 is 11.2. The number of carbonyl (C=O) groups is 2. The minimum atomic E-state index is 0.0800. The van der Waals surface area contributed by atoms with Gasteiger partial charge in [0, 0.05) is 60.8 Å². The van der Waals surface area contributed by atoms with Gasteiger partial charge in [-0.3, -0.25) is 19.6 Å². The van der Waals surface area contributed by atoms with E-state index in [2.05, 4.69) is 20.6 Å². The summed E-state index contributed by atoms with van der Waals surface area (Å²) in [6.45, 7) is 2.11. The fourth-order valence-corrected chi connectivity index (χ4v) is 6.54. The molecule has 2 N–H and O–H groups in total. The minimum absolute atomic E-state index is 0.0800. The molecule has 0 unspecified atom stereocenters. The number of benzene rings is 2. The van der Waals surface area contributed by atoms with Crippen LogP contribution in [0.1, 0.15) is 43.5 Å². The fraction of sp³-hybridized carbons (Fsp3) is 0.353. The predicted molar refractivity (Wildman–Crippen MR) is 179 cm³/mol. The van der Waals surface area contributed by atoms with Gasteiger partial charge in [-0.15, -0.1) is 0 Å². The number of ether oxygens (including phenoxy) is 2. The lowest BCUT2D eigenvalue weighted by Crippen LogP contribution is -2.35. The monoisotopic (exact) mass is 675 g/mol. The summed E-state index contributed by atoms with van der Waals surface area (Å²) >= 11 is 14.1. The first-order valence-electron chi connectivity index (χ1n) is 15.5. The Morgan fingerprint density at radius 3 is 2.02 bits per heavy atom. The van der Waals surface area contributed by atoms with E-state index in [1.165, 1.54) is 7.11 Å². The minimum Gasteiger partial charge on any atom is -0.480 e. The van der Waals surface area contributed by atoms with Crippen molar-refractivity contribution in [3.63, 3.8) is 0 Å². The average molecular weight is 677 g/mol. The normalized spacial score (nSPS) is 16.3. The molecule has 11 nitrogen and oxygen atoms in total. The molecule has 13 heteroatoms. The van der Waals surface area contributed by atoms with Crippen molar-refractivity contribution in [3.05, 3.63) is 70.2 Å². The van der Waals surface area contributed by atoms with Crippen molar-refractivity contribution >= 4 is 35.0 Å². The predicted octanol–water partition coefficient (Wildman–Crippen LogP) is 5.47. The highest BCUT2D eigenvalue weighted by Gasteiger charge is 2.23. The van der Waals surface area contributed by atoms with Gasteiger partial charge in [0.05, 0.1) is 54.6 Å². The van der Waals surface area contributed by atoms with Crippen LogP contribution in [0.3, 0.4) is 0 Å². The number of carbonyl (C=O) groups excluding carboxylic acids is 2. The molecule has 1 atom stereocenters. The van der Waals surface area contributed by atoms with Gasteiger partial charge in [0.2, 0.25) is 23.6 Å². The maximum absolute atomic E-state index is 12.4. The first-order chi connectivity index (χ1) is 22.9. The van der Waals surface area contributed by atoms with Crippen LogP contribution >= 0.6 is 23.2 Å². The maximum Gasteiger partial charge on any atom is 0.237 e. The van der Waals surface area contributed by atoms with Gasteiger partial charge >= 0.3 is 0 Å². The highest BCUT2D eigenvalue weighted by atomic mass is 35.5. The highest BCUT2D eigenvalue weighted by molar-refractivity contribution is 6.39. The van der Waals surface area contributed by atoms with Crippen molar-refractivity contribution in [1.29, 1.82) is 0 Å². The lowest BCUT2D eigenvalue weighted by Gasteiger charge is -2.26. The number of hydrogen-bond acceptors (Lipinski definition) is 9. The van der Waals surface area contributed by atoms with Crippen molar-refractivity contribution < 1.29 is 19.1 Å². The van der Waals surface area contributed by atoms with E-state index in [1.807, 2.05) is 36.4 Å². The zero-order valence-corrected chi connectivity index (χ0v) is 27.7. The topological polar surface area (TPSA) is 131 Å². The van der Waals surface area contributed by atoms with Gasteiger partial charge in [-0.05, 0) is 19.3 Å². The molecule has 4 heterocycles. The third kappa shape index (κ3) is 7.17. The molecule has 0 bridgehead atoms. The summed E-state index contributed by atoms with van der Waals surface area (Å²) in [5, 5.41) is 7.17. The van der Waals surface area contributed by atoms with Crippen LogP contribution in [0.15, 0.2) is 48.8 Å². The van der Waals surface area contributed by atoms with E-state index < -0.39 is 0 Å². The van der Waals surface area contributed by atoms with Crippen LogP contribution in [-0.2, 0) is 22.7 Å². The molecule has 0 aliphatic carbocycles. The third-order valence-corrected chi connectivity index (χ3v) is 9.19. The summed E-state index contributed by atoms with van der Waals surface area (Å²) in [5.74, 6) is 0.922. The summed E-state index contributed by atoms with van der Waals surface area (Å²) in [6.07, 6.45) is 7.11. The van der Waals surface area contributed by atoms with E-state index in [1.54, 1.807) is 24.4 Å². The first-order valence-corrected chi connectivity index (χ1v) is 16.3. The second-order valence-corrected chi connectivity index (χ2v) is 12.2. The van der Waals surface area contributed by atoms with Gasteiger partial charge in [0.15, 0.2) is 0 Å². The number of piperidine rings is 1. The highest BCUT2D eigenvalue weighted by Crippen LogP contribution is 2.42. The van der Waals surface area contributed by atoms with E-state index >= 15 is 0 Å². The van der Waals surface area contributed by atoms with Crippen LogP contribution in [0.5, 0.6) is 11.8 Å². The Balaban J connectivity index is 1.25. The van der Waals surface area contributed by atoms with Crippen molar-refractivity contribution in [1.82, 2.24) is 35.5 Å². The molecule has 2 aliphatic heterocycles. The summed E-state index contributed by atoms with van der Waals surface area (Å²) in [7, 11) is 3.09. The van der Waals surface area contributed by atoms with Crippen LogP contribution < -0.4 is 20.1 Å². The standard InChI is InChI=1S/C34H35Cl2N7O4/c1-46-33-27(16-37-15-20-12-13-29(44)40-20)38-17-25(41-33)23-9-5-7-21(31(23)35)22-8-6-10-24(32(22)36)26-18-39-28(34(42-26)47-2)19-43-14-4-3-11-30(43)45/h5-10,17-18,20,37H,3-4,11-16,19H2,1-2H3,(H,40,44)/t20-/m0/s1. The number of nitrogens with one attached hydrogen (secondary N) is 2. The van der Waals surface area contributed by atoms with Crippen LogP contribution in [0.25, 0.3) is 33.6 Å². The number of amides is 2. The zero-order valence-electron chi connectivity index (χ0n) is 26.2. The smallest absolute Gasteiger partial charge is 0.237 e. The van der Waals surface area contributed by atoms with Crippen LogP contribution in [-0.4, -0.2) is 70.0 Å². The third-order valence-electron chi connectivity index (χ3n) is 8.38. The van der Waals surface area contributed by atoms with Gasteiger partial charge in [-0.25, -0.2) is 9.97 Å². The Bertz CT molecular complexity index is 1800. The molecule has 2 saturated heterocycles. The van der Waals surface area contributed by atoms with E-state index in [0.717, 1.165) is 19.3 Å².